The third kappa shape index (κ3) is 4.21. The molecule has 12 heteroatoms. The largest absolute Gasteiger partial charge is 0.501 e. The molecule has 0 atom stereocenters. The lowest BCUT2D eigenvalue weighted by Crippen LogP contribution is -2.70. The molecule has 170 valence electrons. The van der Waals surface area contributed by atoms with Gasteiger partial charge in [-0.1, -0.05) is 0 Å². The number of hydrogen-bond donors (Lipinski definition) is 1. The zero-order valence-electron chi connectivity index (χ0n) is 16.7. The second-order valence-electron chi connectivity index (χ2n) is 8.54. The molecule has 4 rings (SSSR count). The number of halogens is 3. The Labute approximate surface area is 177 Å². The van der Waals surface area contributed by atoms with Gasteiger partial charge in [-0.25, -0.2) is 13.2 Å². The normalized spacial score (nSPS) is 21.8. The summed E-state index contributed by atoms with van der Waals surface area (Å²) in [4.78, 5) is 30.6. The lowest BCUT2D eigenvalue weighted by atomic mass is 9.88. The molecule has 0 aromatic carbocycles. The number of nitrogens with one attached hydrogen (secondary N) is 1. The number of carbonyl (C=O) groups excluding carboxylic acids is 2. The number of piperidine rings is 1. The fourth-order valence-electron chi connectivity index (χ4n) is 4.48. The first-order valence-corrected chi connectivity index (χ1v) is 11.6. The van der Waals surface area contributed by atoms with Crippen LogP contribution in [0.3, 0.4) is 0 Å². The van der Waals surface area contributed by atoms with E-state index >= 15 is 0 Å². The van der Waals surface area contributed by atoms with Gasteiger partial charge in [0.25, 0.3) is 9.84 Å². The van der Waals surface area contributed by atoms with Gasteiger partial charge in [-0.2, -0.15) is 13.2 Å². The second-order valence-corrected chi connectivity index (χ2v) is 10.5. The summed E-state index contributed by atoms with van der Waals surface area (Å²) >= 11 is 0. The van der Waals surface area contributed by atoms with Crippen LogP contribution < -0.4 is 5.32 Å². The second kappa shape index (κ2) is 7.64. The number of sulfone groups is 1. The quantitative estimate of drug-likeness (QED) is 0.741. The van der Waals surface area contributed by atoms with Crippen molar-refractivity contribution in [3.63, 3.8) is 0 Å². The molecule has 3 aliphatic heterocycles. The van der Waals surface area contributed by atoms with Crippen molar-refractivity contribution >= 4 is 21.8 Å². The van der Waals surface area contributed by atoms with Crippen LogP contribution in [0.15, 0.2) is 23.2 Å². The number of urea groups is 1. The number of amides is 3. The molecule has 0 aliphatic carbocycles. The van der Waals surface area contributed by atoms with Gasteiger partial charge < -0.3 is 15.1 Å². The molecule has 1 N–H and O–H groups in total. The van der Waals surface area contributed by atoms with E-state index in [1.165, 1.54) is 6.07 Å². The van der Waals surface area contributed by atoms with Crippen molar-refractivity contribution in [1.29, 1.82) is 0 Å². The summed E-state index contributed by atoms with van der Waals surface area (Å²) in [6.07, 6.45) is 3.97. The monoisotopic (exact) mass is 460 g/mol. The minimum atomic E-state index is -5.39. The minimum absolute atomic E-state index is 0.0329. The van der Waals surface area contributed by atoms with Crippen molar-refractivity contribution < 1.29 is 31.2 Å². The molecule has 31 heavy (non-hydrogen) atoms. The molecule has 0 saturated carbocycles. The van der Waals surface area contributed by atoms with Crippen LogP contribution >= 0.6 is 0 Å². The molecule has 8 nitrogen and oxygen atoms in total. The fourth-order valence-corrected chi connectivity index (χ4v) is 5.18. The van der Waals surface area contributed by atoms with E-state index in [1.807, 2.05) is 0 Å². The van der Waals surface area contributed by atoms with E-state index in [9.17, 15) is 31.2 Å². The summed E-state index contributed by atoms with van der Waals surface area (Å²) in [7, 11) is -5.39. The minimum Gasteiger partial charge on any atom is -0.347 e. The summed E-state index contributed by atoms with van der Waals surface area (Å²) in [5.41, 5.74) is -5.08. The Bertz CT molecular complexity index is 967. The van der Waals surface area contributed by atoms with Crippen LogP contribution in [-0.4, -0.2) is 72.4 Å². The summed E-state index contributed by atoms with van der Waals surface area (Å²) in [6.45, 7) is 2.21. The van der Waals surface area contributed by atoms with E-state index in [0.29, 0.717) is 44.7 Å². The summed E-state index contributed by atoms with van der Waals surface area (Å²) in [5, 5.41) is 2.95. The van der Waals surface area contributed by atoms with Crippen LogP contribution in [-0.2, 0) is 21.1 Å². The van der Waals surface area contributed by atoms with E-state index in [1.54, 1.807) is 9.80 Å². The maximum atomic E-state index is 12.7. The van der Waals surface area contributed by atoms with Gasteiger partial charge in [0.1, 0.15) is 0 Å². The van der Waals surface area contributed by atoms with E-state index in [0.717, 1.165) is 31.5 Å². The van der Waals surface area contributed by atoms with Crippen molar-refractivity contribution in [2.45, 2.75) is 48.0 Å². The number of likely N-dealkylation sites (tertiary alicyclic amines) is 2. The fraction of sp³-hybridized carbons (Fsp3) is 0.632. The standard InChI is InChI=1S/C19H23F3N4O4S/c20-19(21,22)31(29,30)15-2-1-14(23-10-15)9-13-4-7-25(8-5-13)17(28)26-11-18(12-26)6-3-16(27)24-18/h1-2,10,13H,3-9,11-12H2,(H,24,27). The smallest absolute Gasteiger partial charge is 0.347 e. The number of hydrogen-bond acceptors (Lipinski definition) is 5. The molecular formula is C19H23F3N4O4S. The zero-order valence-corrected chi connectivity index (χ0v) is 17.5. The molecule has 3 saturated heterocycles. The Balaban J connectivity index is 1.26. The lowest BCUT2D eigenvalue weighted by molar-refractivity contribution is -0.120. The molecule has 0 bridgehead atoms. The number of alkyl halides is 3. The Morgan fingerprint density at radius 2 is 1.87 bits per heavy atom. The van der Waals surface area contributed by atoms with Crippen molar-refractivity contribution in [2.24, 2.45) is 5.92 Å². The predicted molar refractivity (Wildman–Crippen MR) is 103 cm³/mol. The molecule has 3 amide bonds. The Kier molecular flexibility index (Phi) is 5.39. The molecule has 3 fully saturated rings. The SMILES string of the molecule is O=C1CCC2(CN(C(=O)N3CCC(Cc4ccc(S(=O)(=O)C(F)(F)F)cn4)CC3)C2)N1. The Hall–Kier alpha value is -2.37. The molecule has 4 heterocycles. The first-order valence-electron chi connectivity index (χ1n) is 10.1. The van der Waals surface area contributed by atoms with Crippen LogP contribution in [0.25, 0.3) is 0 Å². The van der Waals surface area contributed by atoms with E-state index in [2.05, 4.69) is 10.3 Å². The van der Waals surface area contributed by atoms with E-state index in [-0.39, 0.29) is 23.4 Å². The summed E-state index contributed by atoms with van der Waals surface area (Å²) < 4.78 is 60.7. The first-order chi connectivity index (χ1) is 14.5. The van der Waals surface area contributed by atoms with Crippen molar-refractivity contribution in [1.82, 2.24) is 20.1 Å². The van der Waals surface area contributed by atoms with Gasteiger partial charge in [0.05, 0.1) is 10.4 Å². The maximum absolute atomic E-state index is 12.7. The highest BCUT2D eigenvalue weighted by Crippen LogP contribution is 2.33. The average molecular weight is 460 g/mol. The highest BCUT2D eigenvalue weighted by Gasteiger charge is 2.50. The highest BCUT2D eigenvalue weighted by atomic mass is 32.2. The Morgan fingerprint density at radius 3 is 2.39 bits per heavy atom. The molecule has 0 radical (unpaired) electrons. The molecule has 1 spiro atoms. The zero-order chi connectivity index (χ0) is 22.4. The topological polar surface area (TPSA) is 99.7 Å². The van der Waals surface area contributed by atoms with Gasteiger partial charge in [-0.15, -0.1) is 0 Å². The van der Waals surface area contributed by atoms with Crippen LogP contribution in [0, 0.1) is 5.92 Å². The molecule has 0 unspecified atom stereocenters. The third-order valence-corrected chi connectivity index (χ3v) is 7.76. The number of aromatic nitrogens is 1. The van der Waals surface area contributed by atoms with E-state index < -0.39 is 20.2 Å². The van der Waals surface area contributed by atoms with Gasteiger partial charge in [0, 0.05) is 44.5 Å². The highest BCUT2D eigenvalue weighted by molar-refractivity contribution is 7.92. The number of rotatable bonds is 3. The molecule has 1 aromatic heterocycles. The Morgan fingerprint density at radius 1 is 1.19 bits per heavy atom. The summed E-state index contributed by atoms with van der Waals surface area (Å²) in [6, 6.07) is 2.21. The van der Waals surface area contributed by atoms with Crippen LogP contribution in [0.1, 0.15) is 31.4 Å². The van der Waals surface area contributed by atoms with Gasteiger partial charge in [-0.05, 0) is 43.7 Å². The first kappa shape index (κ1) is 21.8. The number of nitrogens with zero attached hydrogens (tertiary/aromatic N) is 3. The van der Waals surface area contributed by atoms with Crippen LogP contribution in [0.2, 0.25) is 0 Å². The molecular weight excluding hydrogens is 437 g/mol. The van der Waals surface area contributed by atoms with Gasteiger partial charge >= 0.3 is 11.5 Å². The van der Waals surface area contributed by atoms with Crippen LogP contribution in [0.5, 0.6) is 0 Å². The molecule has 3 aliphatic rings. The van der Waals surface area contributed by atoms with Gasteiger partial charge in [-0.3, -0.25) is 9.78 Å². The van der Waals surface area contributed by atoms with E-state index in [4.69, 9.17) is 0 Å². The van der Waals surface area contributed by atoms with Crippen LogP contribution in [0.4, 0.5) is 18.0 Å². The van der Waals surface area contributed by atoms with Gasteiger partial charge in [0.15, 0.2) is 0 Å². The van der Waals surface area contributed by atoms with Gasteiger partial charge in [0.2, 0.25) is 5.91 Å². The maximum Gasteiger partial charge on any atom is 0.501 e. The van der Waals surface area contributed by atoms with Crippen molar-refractivity contribution in [3.05, 3.63) is 24.0 Å². The molecule has 1 aromatic rings. The van der Waals surface area contributed by atoms with Crippen molar-refractivity contribution in [2.75, 3.05) is 26.2 Å². The third-order valence-electron chi connectivity index (χ3n) is 6.29. The number of pyridine rings is 1. The summed E-state index contributed by atoms with van der Waals surface area (Å²) in [5.74, 6) is 0.240. The predicted octanol–water partition coefficient (Wildman–Crippen LogP) is 1.71. The number of carbonyl (C=O) groups is 2. The van der Waals surface area contributed by atoms with Crippen molar-refractivity contribution in [3.8, 4) is 0 Å². The average Bonchev–Trinajstić information content (AvgIpc) is 3.09. The lowest BCUT2D eigenvalue weighted by Gasteiger charge is -2.49.